The van der Waals surface area contributed by atoms with Gasteiger partial charge in [0.15, 0.2) is 0 Å². The molecule has 1 rings (SSSR count). The monoisotopic (exact) mass is 222 g/mol. The summed E-state index contributed by atoms with van der Waals surface area (Å²) in [7, 11) is 1.63. The summed E-state index contributed by atoms with van der Waals surface area (Å²) in [6, 6.07) is 2.96. The Balaban J connectivity index is 2.81. The van der Waals surface area contributed by atoms with E-state index in [1.54, 1.807) is 7.05 Å². The van der Waals surface area contributed by atoms with Crippen LogP contribution in [-0.2, 0) is 4.79 Å². The Labute approximate surface area is 93.7 Å². The fourth-order valence-corrected chi connectivity index (χ4v) is 1.22. The number of pyridine rings is 1. The van der Waals surface area contributed by atoms with E-state index in [2.05, 4.69) is 4.98 Å². The Morgan fingerprint density at radius 3 is 2.56 bits per heavy atom. The molecule has 0 aliphatic rings. The number of amides is 1. The number of aromatic carboxylic acids is 1. The van der Waals surface area contributed by atoms with E-state index < -0.39 is 5.97 Å². The van der Waals surface area contributed by atoms with Gasteiger partial charge in [0.05, 0.1) is 5.56 Å². The molecule has 0 unspecified atom stereocenters. The summed E-state index contributed by atoms with van der Waals surface area (Å²) in [5.74, 6) is -0.594. The van der Waals surface area contributed by atoms with Crippen LogP contribution >= 0.6 is 0 Å². The molecule has 0 radical (unpaired) electrons. The highest BCUT2D eigenvalue weighted by Crippen LogP contribution is 2.11. The van der Waals surface area contributed by atoms with Gasteiger partial charge in [-0.25, -0.2) is 9.78 Å². The van der Waals surface area contributed by atoms with Gasteiger partial charge in [-0.2, -0.15) is 0 Å². The molecule has 0 fully saturated rings. The van der Waals surface area contributed by atoms with Gasteiger partial charge in [-0.15, -0.1) is 0 Å². The van der Waals surface area contributed by atoms with E-state index in [0.717, 1.165) is 6.42 Å². The number of anilines is 1. The molecule has 1 amide bonds. The number of carboxylic acids is 1. The molecule has 5 nitrogen and oxygen atoms in total. The third-order valence-electron chi connectivity index (χ3n) is 2.18. The van der Waals surface area contributed by atoms with E-state index in [-0.39, 0.29) is 11.5 Å². The lowest BCUT2D eigenvalue weighted by Crippen LogP contribution is -2.26. The highest BCUT2D eigenvalue weighted by Gasteiger charge is 2.11. The predicted molar refractivity (Wildman–Crippen MR) is 59.5 cm³/mol. The summed E-state index contributed by atoms with van der Waals surface area (Å²) in [6.07, 6.45) is 2.47. The van der Waals surface area contributed by atoms with Crippen LogP contribution in [0.25, 0.3) is 0 Å². The first-order chi connectivity index (χ1) is 7.56. The molecule has 86 valence electrons. The Hall–Kier alpha value is -1.91. The number of rotatable bonds is 4. The maximum atomic E-state index is 11.5. The Morgan fingerprint density at radius 1 is 1.44 bits per heavy atom. The molecule has 0 bridgehead atoms. The second-order valence-corrected chi connectivity index (χ2v) is 3.41. The molecule has 0 atom stereocenters. The average Bonchev–Trinajstić information content (AvgIpc) is 2.28. The molecular weight excluding hydrogens is 208 g/mol. The standard InChI is InChI=1S/C11H14N2O3/c1-3-4-10(14)13(2)9-6-5-8(7-12-9)11(15)16/h5-7H,3-4H2,1-2H3,(H,15,16). The Morgan fingerprint density at radius 2 is 2.12 bits per heavy atom. The second kappa shape index (κ2) is 5.25. The van der Waals surface area contributed by atoms with Gasteiger partial charge in [0.25, 0.3) is 0 Å². The first-order valence-corrected chi connectivity index (χ1v) is 5.02. The zero-order chi connectivity index (χ0) is 12.1. The molecule has 0 spiro atoms. The summed E-state index contributed by atoms with van der Waals surface area (Å²) in [6.45, 7) is 1.92. The number of carbonyl (C=O) groups excluding carboxylic acids is 1. The van der Waals surface area contributed by atoms with E-state index in [4.69, 9.17) is 5.11 Å². The molecule has 0 saturated carbocycles. The van der Waals surface area contributed by atoms with Crippen molar-refractivity contribution in [3.05, 3.63) is 23.9 Å². The van der Waals surface area contributed by atoms with Gasteiger partial charge in [-0.05, 0) is 18.6 Å². The number of carbonyl (C=O) groups is 2. The van der Waals surface area contributed by atoms with Gasteiger partial charge in [0, 0.05) is 19.7 Å². The summed E-state index contributed by atoms with van der Waals surface area (Å²) in [5.41, 5.74) is 0.111. The van der Waals surface area contributed by atoms with Crippen LogP contribution in [0.15, 0.2) is 18.3 Å². The largest absolute Gasteiger partial charge is 0.478 e. The van der Waals surface area contributed by atoms with E-state index >= 15 is 0 Å². The summed E-state index contributed by atoms with van der Waals surface area (Å²) >= 11 is 0. The molecule has 16 heavy (non-hydrogen) atoms. The maximum Gasteiger partial charge on any atom is 0.337 e. The zero-order valence-electron chi connectivity index (χ0n) is 9.30. The molecule has 1 aromatic heterocycles. The fraction of sp³-hybridized carbons (Fsp3) is 0.364. The van der Waals surface area contributed by atoms with Crippen molar-refractivity contribution in [3.8, 4) is 0 Å². The van der Waals surface area contributed by atoms with Crippen LogP contribution in [-0.4, -0.2) is 29.0 Å². The highest BCUT2D eigenvalue weighted by molar-refractivity contribution is 5.92. The van der Waals surface area contributed by atoms with Crippen LogP contribution in [0, 0.1) is 0 Å². The predicted octanol–water partition coefficient (Wildman–Crippen LogP) is 1.54. The van der Waals surface area contributed by atoms with Crippen molar-refractivity contribution in [2.45, 2.75) is 19.8 Å². The quantitative estimate of drug-likeness (QED) is 0.838. The van der Waals surface area contributed by atoms with Gasteiger partial charge >= 0.3 is 5.97 Å². The van der Waals surface area contributed by atoms with E-state index in [1.165, 1.54) is 23.2 Å². The minimum Gasteiger partial charge on any atom is -0.478 e. The average molecular weight is 222 g/mol. The molecule has 0 aliphatic heterocycles. The van der Waals surface area contributed by atoms with Crippen LogP contribution in [0.3, 0.4) is 0 Å². The molecule has 1 N–H and O–H groups in total. The SMILES string of the molecule is CCCC(=O)N(C)c1ccc(C(=O)O)cn1. The maximum absolute atomic E-state index is 11.5. The minimum absolute atomic E-state index is 0.0296. The third-order valence-corrected chi connectivity index (χ3v) is 2.18. The van der Waals surface area contributed by atoms with Crippen LogP contribution in [0.4, 0.5) is 5.82 Å². The molecule has 0 aromatic carbocycles. The number of hydrogen-bond donors (Lipinski definition) is 1. The van der Waals surface area contributed by atoms with Crippen LogP contribution in [0.1, 0.15) is 30.1 Å². The van der Waals surface area contributed by atoms with Crippen molar-refractivity contribution in [3.63, 3.8) is 0 Å². The van der Waals surface area contributed by atoms with Crippen molar-refractivity contribution in [1.82, 2.24) is 4.98 Å². The van der Waals surface area contributed by atoms with Crippen molar-refractivity contribution in [1.29, 1.82) is 0 Å². The lowest BCUT2D eigenvalue weighted by molar-refractivity contribution is -0.118. The van der Waals surface area contributed by atoms with Crippen LogP contribution in [0.2, 0.25) is 0 Å². The minimum atomic E-state index is -1.03. The second-order valence-electron chi connectivity index (χ2n) is 3.41. The number of hydrogen-bond acceptors (Lipinski definition) is 3. The number of nitrogens with zero attached hydrogens (tertiary/aromatic N) is 2. The van der Waals surface area contributed by atoms with Crippen molar-refractivity contribution < 1.29 is 14.7 Å². The fourth-order valence-electron chi connectivity index (χ4n) is 1.22. The summed E-state index contributed by atoms with van der Waals surface area (Å²) in [4.78, 5) is 27.5. The number of carboxylic acid groups (broad SMARTS) is 1. The molecule has 0 saturated heterocycles. The van der Waals surface area contributed by atoms with Gasteiger partial charge in [0.2, 0.25) is 5.91 Å². The molecule has 0 aliphatic carbocycles. The van der Waals surface area contributed by atoms with Crippen molar-refractivity contribution in [2.75, 3.05) is 11.9 Å². The summed E-state index contributed by atoms with van der Waals surface area (Å²) < 4.78 is 0. The summed E-state index contributed by atoms with van der Waals surface area (Å²) in [5, 5.41) is 8.69. The molecular formula is C11H14N2O3. The van der Waals surface area contributed by atoms with Gasteiger partial charge in [0.1, 0.15) is 5.82 Å². The molecule has 5 heteroatoms. The Kier molecular flexibility index (Phi) is 3.99. The lowest BCUT2D eigenvalue weighted by Gasteiger charge is -2.15. The van der Waals surface area contributed by atoms with E-state index in [9.17, 15) is 9.59 Å². The smallest absolute Gasteiger partial charge is 0.337 e. The molecule has 1 heterocycles. The van der Waals surface area contributed by atoms with Crippen molar-refractivity contribution in [2.24, 2.45) is 0 Å². The topological polar surface area (TPSA) is 70.5 Å². The zero-order valence-corrected chi connectivity index (χ0v) is 9.30. The Bertz CT molecular complexity index is 387. The van der Waals surface area contributed by atoms with Crippen LogP contribution < -0.4 is 4.90 Å². The first-order valence-electron chi connectivity index (χ1n) is 5.02. The van der Waals surface area contributed by atoms with Crippen molar-refractivity contribution >= 4 is 17.7 Å². The highest BCUT2D eigenvalue weighted by atomic mass is 16.4. The van der Waals surface area contributed by atoms with E-state index in [0.29, 0.717) is 12.2 Å². The van der Waals surface area contributed by atoms with Gasteiger partial charge in [-0.1, -0.05) is 6.92 Å². The normalized spacial score (nSPS) is 9.88. The molecule has 1 aromatic rings. The van der Waals surface area contributed by atoms with Gasteiger partial charge < -0.3 is 5.11 Å². The van der Waals surface area contributed by atoms with E-state index in [1.807, 2.05) is 6.92 Å². The number of aromatic nitrogens is 1. The van der Waals surface area contributed by atoms with Gasteiger partial charge in [-0.3, -0.25) is 9.69 Å². The third kappa shape index (κ3) is 2.79. The van der Waals surface area contributed by atoms with Crippen LogP contribution in [0.5, 0.6) is 0 Å². The first kappa shape index (κ1) is 12.2. The lowest BCUT2D eigenvalue weighted by atomic mass is 10.2.